The fraction of sp³-hybridized carbons (Fsp3) is 1.00. The number of rotatable bonds is 0. The Kier molecular flexibility index (Phi) is 2.65. The second kappa shape index (κ2) is 2.94. The molecular weight excluding hydrogens is 240 g/mol. The van der Waals surface area contributed by atoms with Gasteiger partial charge >= 0.3 is 69.5 Å². The summed E-state index contributed by atoms with van der Waals surface area (Å²) in [6.45, 7) is 7.57. The number of hydrogen-bond acceptors (Lipinski definition) is 0. The molecule has 1 atom stereocenters. The third-order valence-electron chi connectivity index (χ3n) is 1.99. The zero-order valence-electron chi connectivity index (χ0n) is 6.61. The van der Waals surface area contributed by atoms with Crippen LogP contribution in [0.25, 0.3) is 0 Å². The van der Waals surface area contributed by atoms with Gasteiger partial charge in [-0.25, -0.2) is 0 Å². The minimum atomic E-state index is -0.574. The minimum absolute atomic E-state index is 0.462. The zero-order valence-corrected chi connectivity index (χ0v) is 9.94. The van der Waals surface area contributed by atoms with Gasteiger partial charge in [0.1, 0.15) is 0 Å². The molecule has 1 fully saturated rings. The molecule has 1 unspecified atom stereocenters. The van der Waals surface area contributed by atoms with E-state index in [4.69, 9.17) is 0 Å². The molecule has 0 aromatic rings. The predicted octanol–water partition coefficient (Wildman–Crippen LogP) is 2.57. The van der Waals surface area contributed by atoms with Crippen LogP contribution in [0, 0.1) is 0 Å². The molecule has 0 aromatic carbocycles. The molecule has 0 spiro atoms. The van der Waals surface area contributed by atoms with Gasteiger partial charge in [-0.15, -0.1) is 0 Å². The Morgan fingerprint density at radius 3 is 2.44 bits per heavy atom. The molecule has 1 heterocycles. The Hall–Kier alpha value is 1.01. The molecule has 1 saturated heterocycles. The van der Waals surface area contributed by atoms with Crippen LogP contribution in [0.1, 0.15) is 13.3 Å². The normalized spacial score (nSPS) is 34.3. The summed E-state index contributed by atoms with van der Waals surface area (Å²) >= 11 is 0.462. The van der Waals surface area contributed by atoms with E-state index in [1.54, 1.807) is 16.6 Å². The van der Waals surface area contributed by atoms with Crippen LogP contribution in [0.15, 0.2) is 0 Å². The van der Waals surface area contributed by atoms with E-state index in [1.807, 2.05) is 0 Å². The van der Waals surface area contributed by atoms with Crippen LogP contribution in [0.2, 0.25) is 27.2 Å². The van der Waals surface area contributed by atoms with E-state index in [2.05, 4.69) is 20.0 Å². The standard InChI is InChI=1S/C7H16SiTe/c1-7-4-5-8(2,3)6-9-7/h7H,4-6H2,1-3H3. The molecule has 0 aliphatic carbocycles. The quantitative estimate of drug-likeness (QED) is 0.584. The summed E-state index contributed by atoms with van der Waals surface area (Å²) in [5.74, 6) is 0. The summed E-state index contributed by atoms with van der Waals surface area (Å²) in [4.78, 5) is 0. The summed E-state index contributed by atoms with van der Waals surface area (Å²) in [5.41, 5.74) is 0. The Bertz CT molecular complexity index is 91.1. The van der Waals surface area contributed by atoms with Gasteiger partial charge in [0.05, 0.1) is 0 Å². The Morgan fingerprint density at radius 2 is 2.11 bits per heavy atom. The first kappa shape index (κ1) is 8.11. The van der Waals surface area contributed by atoms with Gasteiger partial charge < -0.3 is 0 Å². The molecule has 1 aliphatic heterocycles. The molecular formula is C7H16SiTe. The third kappa shape index (κ3) is 2.61. The summed E-state index contributed by atoms with van der Waals surface area (Å²) in [7, 11) is -0.574. The van der Waals surface area contributed by atoms with Crippen molar-refractivity contribution in [3.63, 3.8) is 0 Å². The number of hydrogen-bond donors (Lipinski definition) is 0. The van der Waals surface area contributed by atoms with E-state index in [1.165, 1.54) is 0 Å². The second-order valence-electron chi connectivity index (χ2n) is 3.82. The fourth-order valence-electron chi connectivity index (χ4n) is 1.12. The molecule has 0 saturated carbocycles. The van der Waals surface area contributed by atoms with Crippen molar-refractivity contribution in [2.45, 2.75) is 40.5 Å². The average Bonchev–Trinajstić information content (AvgIpc) is 1.78. The molecule has 9 heavy (non-hydrogen) atoms. The first-order chi connectivity index (χ1) is 4.10. The average molecular weight is 256 g/mol. The SMILES string of the molecule is CC1CC[Si](C)(C)C[Te]1. The van der Waals surface area contributed by atoms with E-state index >= 15 is 0 Å². The van der Waals surface area contributed by atoms with E-state index < -0.39 is 8.07 Å². The van der Waals surface area contributed by atoms with Crippen molar-refractivity contribution < 1.29 is 0 Å². The first-order valence-corrected chi connectivity index (χ1v) is 10.1. The van der Waals surface area contributed by atoms with E-state index in [-0.39, 0.29) is 0 Å². The van der Waals surface area contributed by atoms with Crippen LogP contribution in [0.4, 0.5) is 0 Å². The molecule has 54 valence electrons. The Labute approximate surface area is 69.5 Å². The van der Waals surface area contributed by atoms with E-state index in [9.17, 15) is 0 Å². The van der Waals surface area contributed by atoms with Gasteiger partial charge in [0.25, 0.3) is 0 Å². The molecule has 1 rings (SSSR count). The van der Waals surface area contributed by atoms with Gasteiger partial charge in [-0.2, -0.15) is 0 Å². The van der Waals surface area contributed by atoms with Crippen LogP contribution in [0.5, 0.6) is 0 Å². The van der Waals surface area contributed by atoms with Crippen LogP contribution < -0.4 is 0 Å². The van der Waals surface area contributed by atoms with E-state index in [0.29, 0.717) is 20.9 Å². The van der Waals surface area contributed by atoms with E-state index in [0.717, 1.165) is 3.97 Å². The third-order valence-corrected chi connectivity index (χ3v) is 15.0. The molecule has 0 N–H and O–H groups in total. The summed E-state index contributed by atoms with van der Waals surface area (Å²) in [6.07, 6.45) is 1.57. The van der Waals surface area contributed by atoms with Crippen LogP contribution >= 0.6 is 0 Å². The molecule has 0 bridgehead atoms. The van der Waals surface area contributed by atoms with Crippen LogP contribution in [-0.2, 0) is 0 Å². The van der Waals surface area contributed by atoms with Crippen molar-refractivity contribution in [2.24, 2.45) is 0 Å². The van der Waals surface area contributed by atoms with Crippen molar-refractivity contribution >= 4 is 29.0 Å². The van der Waals surface area contributed by atoms with Crippen molar-refractivity contribution in [3.8, 4) is 0 Å². The summed E-state index contributed by atoms with van der Waals surface area (Å²) in [6, 6.07) is 1.61. The molecule has 0 aromatic heterocycles. The topological polar surface area (TPSA) is 0 Å². The Balaban J connectivity index is 2.35. The van der Waals surface area contributed by atoms with Gasteiger partial charge in [0.15, 0.2) is 0 Å². The molecule has 0 radical (unpaired) electrons. The molecule has 0 amide bonds. The molecule has 1 aliphatic rings. The van der Waals surface area contributed by atoms with Crippen molar-refractivity contribution in [1.29, 1.82) is 0 Å². The summed E-state index contributed by atoms with van der Waals surface area (Å²) in [5, 5.41) is 0. The monoisotopic (exact) mass is 258 g/mol. The van der Waals surface area contributed by atoms with Gasteiger partial charge in [-0.3, -0.25) is 0 Å². The summed E-state index contributed by atoms with van der Waals surface area (Å²) < 4.78 is 2.87. The van der Waals surface area contributed by atoms with Crippen molar-refractivity contribution in [1.82, 2.24) is 0 Å². The van der Waals surface area contributed by atoms with Crippen LogP contribution in [0.3, 0.4) is 0 Å². The Morgan fingerprint density at radius 1 is 1.44 bits per heavy atom. The second-order valence-corrected chi connectivity index (χ2v) is 14.7. The molecule has 0 nitrogen and oxygen atoms in total. The zero-order chi connectivity index (χ0) is 6.91. The van der Waals surface area contributed by atoms with Gasteiger partial charge in [-0.05, 0) is 0 Å². The van der Waals surface area contributed by atoms with Crippen molar-refractivity contribution in [3.05, 3.63) is 0 Å². The first-order valence-electron chi connectivity index (χ1n) is 3.72. The predicted molar refractivity (Wildman–Crippen MR) is 46.9 cm³/mol. The van der Waals surface area contributed by atoms with Gasteiger partial charge in [0, 0.05) is 0 Å². The molecule has 2 heteroatoms. The van der Waals surface area contributed by atoms with Crippen molar-refractivity contribution in [2.75, 3.05) is 0 Å². The maximum atomic E-state index is 2.56. The van der Waals surface area contributed by atoms with Crippen LogP contribution in [-0.4, -0.2) is 29.0 Å². The van der Waals surface area contributed by atoms with Gasteiger partial charge in [-0.1, -0.05) is 0 Å². The fourth-order valence-corrected chi connectivity index (χ4v) is 12.2. The van der Waals surface area contributed by atoms with Gasteiger partial charge in [0.2, 0.25) is 0 Å². The maximum absolute atomic E-state index is 2.56.